The highest BCUT2D eigenvalue weighted by atomic mass is 79.9. The number of benzene rings is 1. The Morgan fingerprint density at radius 1 is 1.33 bits per heavy atom. The van der Waals surface area contributed by atoms with Crippen molar-refractivity contribution in [3.05, 3.63) is 45.1 Å². The van der Waals surface area contributed by atoms with Crippen LogP contribution < -0.4 is 10.1 Å². The van der Waals surface area contributed by atoms with E-state index in [4.69, 9.17) is 9.72 Å². The first kappa shape index (κ1) is 17.1. The molecular formula is C17H15BrN2O2S2. The highest BCUT2D eigenvalue weighted by molar-refractivity contribution is 9.10. The number of ether oxygens (including phenoxy) is 1. The third-order valence-corrected chi connectivity index (χ3v) is 6.01. The zero-order valence-corrected chi connectivity index (χ0v) is 16.3. The first-order valence-electron chi connectivity index (χ1n) is 7.20. The Morgan fingerprint density at radius 3 is 2.92 bits per heavy atom. The lowest BCUT2D eigenvalue weighted by Gasteiger charge is -2.04. The summed E-state index contributed by atoms with van der Waals surface area (Å²) in [5.41, 5.74) is 1.96. The second-order valence-corrected chi connectivity index (χ2v) is 7.94. The van der Waals surface area contributed by atoms with Gasteiger partial charge in [0.15, 0.2) is 0 Å². The molecule has 0 fully saturated rings. The standard InChI is InChI=1S/C17H15BrN2O2S2/c1-10(21)19-8-12-4-6-16(24-12)15-9-23-17(20-15)13-7-11(22-2)3-5-14(13)18/h3-7,9H,8H2,1-2H3,(H,19,21). The van der Waals surface area contributed by atoms with E-state index >= 15 is 0 Å². The maximum absolute atomic E-state index is 11.0. The lowest BCUT2D eigenvalue weighted by atomic mass is 10.2. The van der Waals surface area contributed by atoms with Gasteiger partial charge in [-0.05, 0) is 30.3 Å². The SMILES string of the molecule is COc1ccc(Br)c(-c2nc(-c3ccc(CNC(C)=O)s3)cs2)c1. The van der Waals surface area contributed by atoms with E-state index in [1.165, 1.54) is 6.92 Å². The number of carbonyl (C=O) groups is 1. The van der Waals surface area contributed by atoms with Crippen LogP contribution in [0.25, 0.3) is 21.1 Å². The minimum atomic E-state index is -0.0243. The van der Waals surface area contributed by atoms with Gasteiger partial charge in [-0.25, -0.2) is 4.98 Å². The molecule has 124 valence electrons. The van der Waals surface area contributed by atoms with Crippen LogP contribution in [-0.4, -0.2) is 18.0 Å². The van der Waals surface area contributed by atoms with Crippen molar-refractivity contribution in [2.24, 2.45) is 0 Å². The number of thiazole rings is 1. The van der Waals surface area contributed by atoms with Crippen LogP contribution in [-0.2, 0) is 11.3 Å². The molecule has 4 nitrogen and oxygen atoms in total. The van der Waals surface area contributed by atoms with Gasteiger partial charge >= 0.3 is 0 Å². The smallest absolute Gasteiger partial charge is 0.217 e. The van der Waals surface area contributed by atoms with Gasteiger partial charge in [0.25, 0.3) is 0 Å². The molecule has 2 aromatic heterocycles. The zero-order chi connectivity index (χ0) is 17.1. The van der Waals surface area contributed by atoms with Crippen LogP contribution in [0.3, 0.4) is 0 Å². The number of aromatic nitrogens is 1. The number of amides is 1. The van der Waals surface area contributed by atoms with Gasteiger partial charge in [-0.1, -0.05) is 15.9 Å². The number of hydrogen-bond acceptors (Lipinski definition) is 5. The number of nitrogens with one attached hydrogen (secondary N) is 1. The van der Waals surface area contributed by atoms with Crippen LogP contribution in [0.1, 0.15) is 11.8 Å². The zero-order valence-electron chi connectivity index (χ0n) is 13.1. The fourth-order valence-electron chi connectivity index (χ4n) is 2.13. The fourth-order valence-corrected chi connectivity index (χ4v) is 4.53. The second kappa shape index (κ2) is 7.46. The predicted molar refractivity (Wildman–Crippen MR) is 103 cm³/mol. The van der Waals surface area contributed by atoms with Gasteiger partial charge in [0, 0.05) is 27.2 Å². The minimum Gasteiger partial charge on any atom is -0.497 e. The van der Waals surface area contributed by atoms with E-state index in [0.717, 1.165) is 36.2 Å². The summed E-state index contributed by atoms with van der Waals surface area (Å²) >= 11 is 6.81. The Morgan fingerprint density at radius 2 is 2.17 bits per heavy atom. The number of thiophene rings is 1. The van der Waals surface area contributed by atoms with Crippen molar-refractivity contribution < 1.29 is 9.53 Å². The van der Waals surface area contributed by atoms with Gasteiger partial charge in [0.1, 0.15) is 10.8 Å². The number of carbonyl (C=O) groups excluding carboxylic acids is 1. The van der Waals surface area contributed by atoms with E-state index in [1.807, 2.05) is 30.3 Å². The lowest BCUT2D eigenvalue weighted by Crippen LogP contribution is -2.17. The molecule has 3 rings (SSSR count). The summed E-state index contributed by atoms with van der Waals surface area (Å²) in [5.74, 6) is 0.780. The maximum Gasteiger partial charge on any atom is 0.217 e. The van der Waals surface area contributed by atoms with Crippen LogP contribution in [0.5, 0.6) is 5.75 Å². The average Bonchev–Trinajstić information content (AvgIpc) is 3.22. The van der Waals surface area contributed by atoms with Gasteiger partial charge in [0.05, 0.1) is 24.2 Å². The Balaban J connectivity index is 1.84. The average molecular weight is 423 g/mol. The molecule has 0 saturated carbocycles. The summed E-state index contributed by atoms with van der Waals surface area (Å²) < 4.78 is 6.28. The van der Waals surface area contributed by atoms with Crippen LogP contribution in [0, 0.1) is 0 Å². The van der Waals surface area contributed by atoms with E-state index in [-0.39, 0.29) is 5.91 Å². The second-order valence-electron chi connectivity index (χ2n) is 5.06. The number of methoxy groups -OCH3 is 1. The van der Waals surface area contributed by atoms with Gasteiger partial charge in [0.2, 0.25) is 5.91 Å². The maximum atomic E-state index is 11.0. The molecule has 1 aromatic carbocycles. The van der Waals surface area contributed by atoms with Crippen LogP contribution in [0.15, 0.2) is 40.2 Å². The normalized spacial score (nSPS) is 10.6. The lowest BCUT2D eigenvalue weighted by molar-refractivity contribution is -0.119. The molecule has 0 saturated heterocycles. The first-order valence-corrected chi connectivity index (χ1v) is 9.68. The van der Waals surface area contributed by atoms with Crippen molar-refractivity contribution in [1.29, 1.82) is 0 Å². The topological polar surface area (TPSA) is 51.2 Å². The molecule has 0 aliphatic rings. The number of hydrogen-bond donors (Lipinski definition) is 1. The minimum absolute atomic E-state index is 0.0243. The predicted octanol–water partition coefficient (Wildman–Crippen LogP) is 4.95. The summed E-state index contributed by atoms with van der Waals surface area (Å²) in [5, 5.41) is 5.80. The molecular weight excluding hydrogens is 408 g/mol. The summed E-state index contributed by atoms with van der Waals surface area (Å²) in [7, 11) is 1.66. The summed E-state index contributed by atoms with van der Waals surface area (Å²) in [6.45, 7) is 2.08. The number of nitrogens with zero attached hydrogens (tertiary/aromatic N) is 1. The van der Waals surface area contributed by atoms with E-state index in [2.05, 4.69) is 26.6 Å². The van der Waals surface area contributed by atoms with Crippen LogP contribution in [0.4, 0.5) is 0 Å². The highest BCUT2D eigenvalue weighted by Gasteiger charge is 2.12. The molecule has 24 heavy (non-hydrogen) atoms. The van der Waals surface area contributed by atoms with Crippen molar-refractivity contribution in [3.8, 4) is 26.9 Å². The molecule has 0 unspecified atom stereocenters. The molecule has 0 bridgehead atoms. The summed E-state index contributed by atoms with van der Waals surface area (Å²) in [6, 6.07) is 9.92. The third-order valence-electron chi connectivity index (χ3n) is 3.33. The van der Waals surface area contributed by atoms with Crippen molar-refractivity contribution >= 4 is 44.5 Å². The molecule has 0 spiro atoms. The van der Waals surface area contributed by atoms with Crippen molar-refractivity contribution in [2.45, 2.75) is 13.5 Å². The molecule has 3 aromatic rings. The molecule has 0 atom stereocenters. The van der Waals surface area contributed by atoms with Crippen molar-refractivity contribution in [1.82, 2.24) is 10.3 Å². The Hall–Kier alpha value is -1.70. The molecule has 2 heterocycles. The number of rotatable bonds is 5. The fraction of sp³-hybridized carbons (Fsp3) is 0.176. The van der Waals surface area contributed by atoms with Gasteiger partial charge < -0.3 is 10.1 Å². The summed E-state index contributed by atoms with van der Waals surface area (Å²) in [6.07, 6.45) is 0. The highest BCUT2D eigenvalue weighted by Crippen LogP contribution is 2.37. The van der Waals surface area contributed by atoms with Crippen molar-refractivity contribution in [3.63, 3.8) is 0 Å². The first-order chi connectivity index (χ1) is 11.6. The Labute approximate surface area is 156 Å². The van der Waals surface area contributed by atoms with Crippen molar-refractivity contribution in [2.75, 3.05) is 7.11 Å². The molecule has 0 aliphatic heterocycles. The summed E-state index contributed by atoms with van der Waals surface area (Å²) in [4.78, 5) is 18.0. The molecule has 1 N–H and O–H groups in total. The quantitative estimate of drug-likeness (QED) is 0.632. The Bertz CT molecular complexity index is 873. The van der Waals surface area contributed by atoms with Gasteiger partial charge in [-0.3, -0.25) is 4.79 Å². The molecule has 7 heteroatoms. The van der Waals surface area contributed by atoms with Gasteiger partial charge in [-0.15, -0.1) is 22.7 Å². The molecule has 1 amide bonds. The van der Waals surface area contributed by atoms with E-state index in [1.54, 1.807) is 29.8 Å². The van der Waals surface area contributed by atoms with Crippen LogP contribution >= 0.6 is 38.6 Å². The van der Waals surface area contributed by atoms with Gasteiger partial charge in [-0.2, -0.15) is 0 Å². The van der Waals surface area contributed by atoms with E-state index in [0.29, 0.717) is 6.54 Å². The largest absolute Gasteiger partial charge is 0.497 e. The third kappa shape index (κ3) is 3.85. The molecule has 0 aliphatic carbocycles. The Kier molecular flexibility index (Phi) is 5.33. The number of halogens is 1. The van der Waals surface area contributed by atoms with Crippen LogP contribution in [0.2, 0.25) is 0 Å². The monoisotopic (exact) mass is 422 g/mol. The van der Waals surface area contributed by atoms with E-state index < -0.39 is 0 Å². The van der Waals surface area contributed by atoms with E-state index in [9.17, 15) is 4.79 Å². The molecule has 0 radical (unpaired) electrons.